The van der Waals surface area contributed by atoms with Crippen LogP contribution in [0.15, 0.2) is 59.7 Å². The summed E-state index contributed by atoms with van der Waals surface area (Å²) >= 11 is 0. The highest BCUT2D eigenvalue weighted by Gasteiger charge is 2.13. The summed E-state index contributed by atoms with van der Waals surface area (Å²) in [4.78, 5) is 28.7. The Hall–Kier alpha value is -3.61. The minimum atomic E-state index is -0.234. The average Bonchev–Trinajstić information content (AvgIpc) is 2.76. The third-order valence-corrected chi connectivity index (χ3v) is 5.02. The van der Waals surface area contributed by atoms with Gasteiger partial charge in [-0.15, -0.1) is 0 Å². The molecule has 7 heteroatoms. The topological polar surface area (TPSA) is 96.4 Å². The smallest absolute Gasteiger partial charge is 0.306 e. The van der Waals surface area contributed by atoms with Gasteiger partial charge >= 0.3 is 5.97 Å². The van der Waals surface area contributed by atoms with E-state index in [0.717, 1.165) is 11.1 Å². The number of aromatic nitrogens is 2. The Balaban J connectivity index is 1.82. The van der Waals surface area contributed by atoms with Gasteiger partial charge in [0.25, 0.3) is 5.56 Å². The number of carbonyl (C=O) groups excluding carboxylic acids is 1. The minimum Gasteiger partial charge on any atom is -0.495 e. The van der Waals surface area contributed by atoms with Crippen molar-refractivity contribution in [3.8, 4) is 17.0 Å². The number of hydrogen-bond donors (Lipinski definition) is 1. The largest absolute Gasteiger partial charge is 0.495 e. The van der Waals surface area contributed by atoms with Crippen LogP contribution in [0.3, 0.4) is 0 Å². The van der Waals surface area contributed by atoms with Crippen LogP contribution in [0, 0.1) is 0 Å². The SMILES string of the molecule is COC(=O)C[C@@H](C)c1ccc(Cn2ccnc(-c3ccc(N)c(OC)c3)c2=O)cc1. The lowest BCUT2D eigenvalue weighted by atomic mass is 9.97. The molecule has 1 aromatic heterocycles. The van der Waals surface area contributed by atoms with Gasteiger partial charge in [-0.05, 0) is 29.2 Å². The van der Waals surface area contributed by atoms with Gasteiger partial charge in [-0.25, -0.2) is 4.98 Å². The van der Waals surface area contributed by atoms with Crippen LogP contribution in [0.5, 0.6) is 5.75 Å². The number of nitrogens with zero attached hydrogens (tertiary/aromatic N) is 2. The van der Waals surface area contributed by atoms with Gasteiger partial charge in [0.1, 0.15) is 11.4 Å². The number of carbonyl (C=O) groups is 1. The molecule has 0 saturated carbocycles. The van der Waals surface area contributed by atoms with Crippen molar-refractivity contribution in [2.24, 2.45) is 0 Å². The standard InChI is InChI=1S/C23H25N3O4/c1-15(12-21(27)30-3)17-6-4-16(5-7-17)14-26-11-10-25-22(23(26)28)18-8-9-19(24)20(13-18)29-2/h4-11,13,15H,12,14,24H2,1-3H3/t15-/m1/s1. The predicted molar refractivity (Wildman–Crippen MR) is 115 cm³/mol. The Kier molecular flexibility index (Phi) is 6.51. The second-order valence-corrected chi connectivity index (χ2v) is 7.09. The lowest BCUT2D eigenvalue weighted by molar-refractivity contribution is -0.140. The molecule has 2 aromatic carbocycles. The maximum atomic E-state index is 13.0. The Labute approximate surface area is 175 Å². The van der Waals surface area contributed by atoms with E-state index in [1.165, 1.54) is 14.2 Å². The summed E-state index contributed by atoms with van der Waals surface area (Å²) in [6.07, 6.45) is 3.59. The van der Waals surface area contributed by atoms with Crippen molar-refractivity contribution in [3.05, 3.63) is 76.3 Å². The third kappa shape index (κ3) is 4.68. The van der Waals surface area contributed by atoms with E-state index in [0.29, 0.717) is 35.7 Å². The first-order chi connectivity index (χ1) is 14.4. The molecule has 0 unspecified atom stereocenters. The van der Waals surface area contributed by atoms with E-state index in [2.05, 4.69) is 4.98 Å². The number of rotatable bonds is 7. The molecule has 0 radical (unpaired) electrons. The molecule has 3 aromatic rings. The monoisotopic (exact) mass is 407 g/mol. The summed E-state index contributed by atoms with van der Waals surface area (Å²) in [6.45, 7) is 2.39. The van der Waals surface area contributed by atoms with Gasteiger partial charge in [-0.3, -0.25) is 9.59 Å². The van der Waals surface area contributed by atoms with Gasteiger partial charge < -0.3 is 19.8 Å². The predicted octanol–water partition coefficient (Wildman–Crippen LogP) is 3.22. The van der Waals surface area contributed by atoms with Gasteiger partial charge in [-0.1, -0.05) is 37.3 Å². The molecule has 0 fully saturated rings. The highest BCUT2D eigenvalue weighted by atomic mass is 16.5. The molecule has 1 atom stereocenters. The van der Waals surface area contributed by atoms with Crippen LogP contribution in [0.1, 0.15) is 30.4 Å². The number of anilines is 1. The van der Waals surface area contributed by atoms with Crippen LogP contribution in [-0.2, 0) is 16.1 Å². The number of benzene rings is 2. The zero-order valence-electron chi connectivity index (χ0n) is 17.3. The lowest BCUT2D eigenvalue weighted by Crippen LogP contribution is -2.22. The Morgan fingerprint density at radius 3 is 2.57 bits per heavy atom. The van der Waals surface area contributed by atoms with E-state index in [1.807, 2.05) is 31.2 Å². The lowest BCUT2D eigenvalue weighted by Gasteiger charge is -2.12. The second kappa shape index (κ2) is 9.26. The molecular formula is C23H25N3O4. The highest BCUT2D eigenvalue weighted by Crippen LogP contribution is 2.26. The normalized spacial score (nSPS) is 11.7. The number of nitrogens with two attached hydrogens (primary N) is 1. The molecule has 30 heavy (non-hydrogen) atoms. The summed E-state index contributed by atoms with van der Waals surface area (Å²) in [5.74, 6) is 0.324. The van der Waals surface area contributed by atoms with Gasteiger partial charge in [-0.2, -0.15) is 0 Å². The minimum absolute atomic E-state index is 0.0576. The Morgan fingerprint density at radius 2 is 1.90 bits per heavy atom. The second-order valence-electron chi connectivity index (χ2n) is 7.09. The number of methoxy groups -OCH3 is 2. The number of hydrogen-bond acceptors (Lipinski definition) is 6. The van der Waals surface area contributed by atoms with E-state index < -0.39 is 0 Å². The maximum Gasteiger partial charge on any atom is 0.306 e. The molecular weight excluding hydrogens is 382 g/mol. The fourth-order valence-corrected chi connectivity index (χ4v) is 3.23. The third-order valence-electron chi connectivity index (χ3n) is 5.02. The quantitative estimate of drug-likeness (QED) is 0.477. The van der Waals surface area contributed by atoms with Crippen molar-refractivity contribution in [1.82, 2.24) is 9.55 Å². The van der Waals surface area contributed by atoms with Crippen molar-refractivity contribution >= 4 is 11.7 Å². The first-order valence-corrected chi connectivity index (χ1v) is 9.58. The van der Waals surface area contributed by atoms with Gasteiger partial charge in [0.05, 0.1) is 32.9 Å². The van der Waals surface area contributed by atoms with E-state index >= 15 is 0 Å². The van der Waals surface area contributed by atoms with E-state index in [9.17, 15) is 9.59 Å². The zero-order chi connectivity index (χ0) is 21.7. The summed E-state index contributed by atoms with van der Waals surface area (Å²) in [6, 6.07) is 13.0. The van der Waals surface area contributed by atoms with Crippen LogP contribution in [-0.4, -0.2) is 29.7 Å². The molecule has 0 bridgehead atoms. The van der Waals surface area contributed by atoms with Gasteiger partial charge in [0.15, 0.2) is 0 Å². The van der Waals surface area contributed by atoms with Crippen molar-refractivity contribution in [2.45, 2.75) is 25.8 Å². The molecule has 0 aliphatic heterocycles. The van der Waals surface area contributed by atoms with E-state index in [1.54, 1.807) is 35.2 Å². The number of nitrogen functional groups attached to an aromatic ring is 1. The first kappa shape index (κ1) is 21.1. The molecule has 0 aliphatic carbocycles. The Morgan fingerprint density at radius 1 is 1.17 bits per heavy atom. The highest BCUT2D eigenvalue weighted by molar-refractivity contribution is 5.70. The summed E-state index contributed by atoms with van der Waals surface area (Å²) < 4.78 is 11.6. The van der Waals surface area contributed by atoms with Crippen LogP contribution in [0.4, 0.5) is 5.69 Å². The summed E-state index contributed by atoms with van der Waals surface area (Å²) in [5.41, 5.74) is 9.15. The number of ether oxygens (including phenoxy) is 2. The fraction of sp³-hybridized carbons (Fsp3) is 0.261. The number of esters is 1. The van der Waals surface area contributed by atoms with Crippen molar-refractivity contribution in [2.75, 3.05) is 20.0 Å². The molecule has 156 valence electrons. The van der Waals surface area contributed by atoms with Gasteiger partial charge in [0, 0.05) is 18.0 Å². The van der Waals surface area contributed by atoms with Crippen LogP contribution >= 0.6 is 0 Å². The van der Waals surface area contributed by atoms with E-state index in [-0.39, 0.29) is 17.4 Å². The molecule has 0 amide bonds. The van der Waals surface area contributed by atoms with Gasteiger partial charge in [0.2, 0.25) is 0 Å². The average molecular weight is 407 g/mol. The van der Waals surface area contributed by atoms with Crippen molar-refractivity contribution < 1.29 is 14.3 Å². The van der Waals surface area contributed by atoms with Crippen LogP contribution < -0.4 is 16.0 Å². The molecule has 2 N–H and O–H groups in total. The molecule has 0 spiro atoms. The fourth-order valence-electron chi connectivity index (χ4n) is 3.23. The van der Waals surface area contributed by atoms with E-state index in [4.69, 9.17) is 15.2 Å². The van der Waals surface area contributed by atoms with Crippen LogP contribution in [0.25, 0.3) is 11.3 Å². The van der Waals surface area contributed by atoms with Crippen LogP contribution in [0.2, 0.25) is 0 Å². The summed E-state index contributed by atoms with van der Waals surface area (Å²) in [7, 11) is 2.92. The molecule has 0 aliphatic rings. The first-order valence-electron chi connectivity index (χ1n) is 9.58. The molecule has 1 heterocycles. The van der Waals surface area contributed by atoms with Crippen molar-refractivity contribution in [3.63, 3.8) is 0 Å². The zero-order valence-corrected chi connectivity index (χ0v) is 17.3. The summed E-state index contributed by atoms with van der Waals surface area (Å²) in [5, 5.41) is 0. The maximum absolute atomic E-state index is 13.0. The van der Waals surface area contributed by atoms with Crippen molar-refractivity contribution in [1.29, 1.82) is 0 Å². The molecule has 0 saturated heterocycles. The molecule has 7 nitrogen and oxygen atoms in total. The Bertz CT molecular complexity index is 1090. The molecule has 3 rings (SSSR count).